The average Bonchev–Trinajstić information content (AvgIpc) is 2.60. The van der Waals surface area contributed by atoms with Crippen molar-refractivity contribution in [2.45, 2.75) is 52.6 Å². The van der Waals surface area contributed by atoms with E-state index in [0.29, 0.717) is 0 Å². The number of hydrogen-bond donors (Lipinski definition) is 0. The van der Waals surface area contributed by atoms with E-state index in [-0.39, 0.29) is 7.92 Å². The van der Waals surface area contributed by atoms with Gasteiger partial charge in [-0.3, -0.25) is 0 Å². The first-order valence-electron chi connectivity index (χ1n) is 6.10. The fraction of sp³-hybridized carbons (Fsp3) is 1.00. The molecule has 1 aliphatic carbocycles. The van der Waals surface area contributed by atoms with Gasteiger partial charge in [0.1, 0.15) is 0 Å². The van der Waals surface area contributed by atoms with Gasteiger partial charge in [-0.15, -0.1) is 7.92 Å². The summed E-state index contributed by atoms with van der Waals surface area (Å²) in [6, 6.07) is 0. The van der Waals surface area contributed by atoms with Crippen molar-refractivity contribution in [2.24, 2.45) is 17.3 Å². The SMILES string of the molecule is CCC(P(C)C)[C@]1(CC(C)C)CC1C. The number of hydrogen-bond acceptors (Lipinski definition) is 0. The summed E-state index contributed by atoms with van der Waals surface area (Å²) >= 11 is 0. The van der Waals surface area contributed by atoms with E-state index in [2.05, 4.69) is 41.0 Å². The van der Waals surface area contributed by atoms with Crippen molar-refractivity contribution < 1.29 is 0 Å². The second-order valence-corrected chi connectivity index (χ2v) is 8.37. The van der Waals surface area contributed by atoms with Crippen LogP contribution < -0.4 is 0 Å². The second-order valence-electron chi connectivity index (χ2n) is 5.82. The molecule has 1 rings (SSSR count). The summed E-state index contributed by atoms with van der Waals surface area (Å²) < 4.78 is 0. The van der Waals surface area contributed by atoms with Crippen molar-refractivity contribution in [2.75, 3.05) is 13.3 Å². The standard InChI is InChI=1S/C13H27P/c1-7-12(14(5)6)13(8-10(2)3)9-11(13)4/h10-12H,7-9H2,1-6H3/t11?,12?,13-/m1/s1. The lowest BCUT2D eigenvalue weighted by molar-refractivity contribution is 0.343. The first-order chi connectivity index (χ1) is 6.44. The van der Waals surface area contributed by atoms with Crippen LogP contribution in [-0.2, 0) is 0 Å². The van der Waals surface area contributed by atoms with Crippen LogP contribution in [0.2, 0.25) is 0 Å². The molecule has 0 heterocycles. The summed E-state index contributed by atoms with van der Waals surface area (Å²) in [6.45, 7) is 14.6. The highest BCUT2D eigenvalue weighted by atomic mass is 31.1. The third-order valence-electron chi connectivity index (χ3n) is 3.97. The third-order valence-corrected chi connectivity index (χ3v) is 6.10. The second kappa shape index (κ2) is 4.52. The lowest BCUT2D eigenvalue weighted by atomic mass is 9.87. The van der Waals surface area contributed by atoms with E-state index in [1.54, 1.807) is 0 Å². The molecule has 1 saturated carbocycles. The van der Waals surface area contributed by atoms with E-state index >= 15 is 0 Å². The van der Waals surface area contributed by atoms with Crippen LogP contribution in [0.1, 0.15) is 47.0 Å². The van der Waals surface area contributed by atoms with Crippen LogP contribution in [0.3, 0.4) is 0 Å². The van der Waals surface area contributed by atoms with E-state index in [0.717, 1.165) is 22.9 Å². The van der Waals surface area contributed by atoms with Crippen molar-refractivity contribution in [3.63, 3.8) is 0 Å². The van der Waals surface area contributed by atoms with Gasteiger partial charge in [0, 0.05) is 0 Å². The topological polar surface area (TPSA) is 0 Å². The van der Waals surface area contributed by atoms with Crippen LogP contribution in [0.15, 0.2) is 0 Å². The Morgan fingerprint density at radius 1 is 1.36 bits per heavy atom. The molecular formula is C13H27P. The molecule has 0 spiro atoms. The number of rotatable bonds is 5. The Kier molecular flexibility index (Phi) is 4.03. The van der Waals surface area contributed by atoms with Crippen LogP contribution in [0.5, 0.6) is 0 Å². The van der Waals surface area contributed by atoms with Gasteiger partial charge in [0.2, 0.25) is 0 Å². The van der Waals surface area contributed by atoms with Crippen molar-refractivity contribution in [1.82, 2.24) is 0 Å². The molecule has 0 radical (unpaired) electrons. The van der Waals surface area contributed by atoms with Gasteiger partial charge in [0.15, 0.2) is 0 Å². The summed E-state index contributed by atoms with van der Waals surface area (Å²) in [5.41, 5.74) is 1.77. The molecule has 0 N–H and O–H groups in total. The summed E-state index contributed by atoms with van der Waals surface area (Å²) in [6.07, 6.45) is 4.37. The monoisotopic (exact) mass is 214 g/mol. The van der Waals surface area contributed by atoms with Crippen molar-refractivity contribution in [3.05, 3.63) is 0 Å². The molecule has 3 atom stereocenters. The third kappa shape index (κ3) is 2.32. The molecule has 2 unspecified atom stereocenters. The lowest BCUT2D eigenvalue weighted by Gasteiger charge is -2.32. The van der Waals surface area contributed by atoms with E-state index in [4.69, 9.17) is 0 Å². The zero-order valence-electron chi connectivity index (χ0n) is 10.8. The molecule has 14 heavy (non-hydrogen) atoms. The maximum absolute atomic E-state index is 2.47. The molecule has 0 aliphatic heterocycles. The van der Waals surface area contributed by atoms with Crippen LogP contribution in [0.25, 0.3) is 0 Å². The highest BCUT2D eigenvalue weighted by Crippen LogP contribution is 2.66. The predicted molar refractivity (Wildman–Crippen MR) is 68.5 cm³/mol. The van der Waals surface area contributed by atoms with Gasteiger partial charge >= 0.3 is 0 Å². The molecule has 1 aliphatic rings. The Bertz CT molecular complexity index is 186. The summed E-state index contributed by atoms with van der Waals surface area (Å²) in [4.78, 5) is 0. The molecule has 0 aromatic rings. The summed E-state index contributed by atoms with van der Waals surface area (Å²) in [7, 11) is 0.253. The molecule has 0 aromatic heterocycles. The normalized spacial score (nSPS) is 33.9. The van der Waals surface area contributed by atoms with Gasteiger partial charge in [0.25, 0.3) is 0 Å². The van der Waals surface area contributed by atoms with Crippen LogP contribution >= 0.6 is 7.92 Å². The highest BCUT2D eigenvalue weighted by molar-refractivity contribution is 7.56. The molecule has 84 valence electrons. The van der Waals surface area contributed by atoms with Gasteiger partial charge < -0.3 is 0 Å². The first kappa shape index (κ1) is 12.5. The molecule has 0 aromatic carbocycles. The molecule has 1 heteroatoms. The Morgan fingerprint density at radius 2 is 1.86 bits per heavy atom. The Balaban J connectivity index is 2.69. The Morgan fingerprint density at radius 3 is 2.07 bits per heavy atom. The lowest BCUT2D eigenvalue weighted by Crippen LogP contribution is -2.23. The first-order valence-corrected chi connectivity index (χ1v) is 8.41. The molecule has 0 bridgehead atoms. The quantitative estimate of drug-likeness (QED) is 0.588. The van der Waals surface area contributed by atoms with Crippen molar-refractivity contribution >= 4 is 7.92 Å². The zero-order chi connectivity index (χ0) is 10.9. The van der Waals surface area contributed by atoms with Crippen molar-refractivity contribution in [3.8, 4) is 0 Å². The van der Waals surface area contributed by atoms with Crippen LogP contribution in [0, 0.1) is 17.3 Å². The van der Waals surface area contributed by atoms with Gasteiger partial charge in [-0.05, 0) is 55.5 Å². The van der Waals surface area contributed by atoms with E-state index < -0.39 is 0 Å². The largest absolute Gasteiger partial charge is 0.109 e. The maximum atomic E-state index is 2.47. The van der Waals surface area contributed by atoms with E-state index in [1.165, 1.54) is 19.3 Å². The Hall–Kier alpha value is 0.430. The minimum atomic E-state index is 0.253. The molecule has 0 amide bonds. The molecular weight excluding hydrogens is 187 g/mol. The Labute approximate surface area is 91.6 Å². The highest BCUT2D eigenvalue weighted by Gasteiger charge is 2.55. The smallest absolute Gasteiger partial charge is 0.0157 e. The minimum Gasteiger partial charge on any atom is -0.109 e. The van der Waals surface area contributed by atoms with E-state index in [1.807, 2.05) is 0 Å². The fourth-order valence-electron chi connectivity index (χ4n) is 3.44. The van der Waals surface area contributed by atoms with E-state index in [9.17, 15) is 0 Å². The van der Waals surface area contributed by atoms with Gasteiger partial charge in [-0.2, -0.15) is 0 Å². The summed E-state index contributed by atoms with van der Waals surface area (Å²) in [5, 5.41) is 0. The zero-order valence-corrected chi connectivity index (χ0v) is 11.7. The minimum absolute atomic E-state index is 0.253. The van der Waals surface area contributed by atoms with Crippen molar-refractivity contribution in [1.29, 1.82) is 0 Å². The predicted octanol–water partition coefficient (Wildman–Crippen LogP) is 4.58. The van der Waals surface area contributed by atoms with Gasteiger partial charge in [-0.25, -0.2) is 0 Å². The molecule has 0 nitrogen and oxygen atoms in total. The maximum Gasteiger partial charge on any atom is -0.0157 e. The fourth-order valence-corrected chi connectivity index (χ4v) is 5.67. The van der Waals surface area contributed by atoms with Crippen LogP contribution in [0.4, 0.5) is 0 Å². The summed E-state index contributed by atoms with van der Waals surface area (Å²) in [5.74, 6) is 1.88. The van der Waals surface area contributed by atoms with Gasteiger partial charge in [-0.1, -0.05) is 27.7 Å². The van der Waals surface area contributed by atoms with Crippen LogP contribution in [-0.4, -0.2) is 19.0 Å². The average molecular weight is 214 g/mol. The molecule has 1 fully saturated rings. The van der Waals surface area contributed by atoms with Gasteiger partial charge in [0.05, 0.1) is 0 Å². The molecule has 0 saturated heterocycles.